The van der Waals surface area contributed by atoms with Crippen LogP contribution in [0.15, 0.2) is 15.9 Å². The van der Waals surface area contributed by atoms with Gasteiger partial charge in [-0.2, -0.15) is 0 Å². The summed E-state index contributed by atoms with van der Waals surface area (Å²) in [4.78, 5) is 18.0. The first kappa shape index (κ1) is 14.8. The number of nitrogens with one attached hydrogen (secondary N) is 2. The Balaban J connectivity index is 1.60. The molecule has 0 atom stereocenters. The van der Waals surface area contributed by atoms with Crippen LogP contribution in [0.2, 0.25) is 0 Å². The second-order valence-corrected chi connectivity index (χ2v) is 7.83. The third kappa shape index (κ3) is 3.56. The molecule has 8 heteroatoms. The van der Waals surface area contributed by atoms with E-state index in [-0.39, 0.29) is 5.91 Å². The van der Waals surface area contributed by atoms with Crippen LogP contribution in [0.1, 0.15) is 33.8 Å². The summed E-state index contributed by atoms with van der Waals surface area (Å²) < 4.78 is 1.03. The van der Waals surface area contributed by atoms with Gasteiger partial charge in [0.1, 0.15) is 10.7 Å². The van der Waals surface area contributed by atoms with Crippen LogP contribution in [0.5, 0.6) is 0 Å². The highest BCUT2D eigenvalue weighted by molar-refractivity contribution is 9.10. The van der Waals surface area contributed by atoms with Gasteiger partial charge in [-0.25, -0.2) is 4.98 Å². The molecule has 1 fully saturated rings. The molecule has 112 valence electrons. The predicted octanol–water partition coefficient (Wildman–Crippen LogP) is 3.44. The predicted molar refractivity (Wildman–Crippen MR) is 91.0 cm³/mol. The number of carbonyl (C=O) groups excluding carboxylic acids is 1. The van der Waals surface area contributed by atoms with Gasteiger partial charge >= 0.3 is 0 Å². The highest BCUT2D eigenvalue weighted by Gasteiger charge is 2.21. The van der Waals surface area contributed by atoms with Crippen molar-refractivity contribution in [3.05, 3.63) is 25.7 Å². The average Bonchev–Trinajstić information content (AvgIpc) is 2.97. The van der Waals surface area contributed by atoms with Crippen molar-refractivity contribution in [2.24, 2.45) is 0 Å². The van der Waals surface area contributed by atoms with Crippen LogP contribution in [0.25, 0.3) is 0 Å². The first-order valence-corrected chi connectivity index (χ1v) is 9.14. The number of thiophene rings is 1. The molecule has 0 radical (unpaired) electrons. The Hall–Kier alpha value is -1.12. The Bertz CT molecular complexity index is 650. The van der Waals surface area contributed by atoms with Crippen molar-refractivity contribution in [2.45, 2.75) is 31.8 Å². The minimum Gasteiger partial charge on any atom is -0.382 e. The lowest BCUT2D eigenvalue weighted by atomic mass is 9.93. The van der Waals surface area contributed by atoms with Crippen LogP contribution >= 0.6 is 38.6 Å². The van der Waals surface area contributed by atoms with Gasteiger partial charge < -0.3 is 16.4 Å². The molecule has 3 rings (SSSR count). The number of halogens is 1. The van der Waals surface area contributed by atoms with Gasteiger partial charge in [0.15, 0.2) is 5.13 Å². The van der Waals surface area contributed by atoms with Crippen molar-refractivity contribution in [1.82, 2.24) is 10.3 Å². The second-order valence-electron chi connectivity index (χ2n) is 4.92. The van der Waals surface area contributed by atoms with Crippen LogP contribution in [0.4, 0.5) is 10.9 Å². The monoisotopic (exact) mass is 386 g/mol. The van der Waals surface area contributed by atoms with Gasteiger partial charge in [0.2, 0.25) is 0 Å². The largest absolute Gasteiger partial charge is 0.382 e. The number of hydrogen-bond donors (Lipinski definition) is 3. The molecule has 0 unspecified atom stereocenters. The number of amides is 1. The van der Waals surface area contributed by atoms with Crippen molar-refractivity contribution >= 4 is 55.5 Å². The maximum Gasteiger partial charge on any atom is 0.265 e. The molecule has 0 aliphatic heterocycles. The fourth-order valence-electron chi connectivity index (χ4n) is 1.98. The number of carbonyl (C=O) groups is 1. The molecule has 1 aliphatic rings. The molecule has 4 N–H and O–H groups in total. The molecular formula is C13H15BrN4OS2. The van der Waals surface area contributed by atoms with E-state index in [0.717, 1.165) is 27.3 Å². The van der Waals surface area contributed by atoms with Crippen LogP contribution < -0.4 is 16.4 Å². The normalized spacial score (nSPS) is 14.7. The van der Waals surface area contributed by atoms with Crippen LogP contribution in [0, 0.1) is 0 Å². The molecule has 0 spiro atoms. The Kier molecular flexibility index (Phi) is 4.46. The number of rotatable bonds is 5. The lowest BCUT2D eigenvalue weighted by Crippen LogP contribution is -2.26. The lowest BCUT2D eigenvalue weighted by Gasteiger charge is -2.25. The van der Waals surface area contributed by atoms with Gasteiger partial charge in [0.05, 0.1) is 6.54 Å². The zero-order chi connectivity index (χ0) is 14.8. The van der Waals surface area contributed by atoms with E-state index in [1.807, 2.05) is 11.4 Å². The number of nitrogen functional groups attached to an aromatic ring is 1. The van der Waals surface area contributed by atoms with Crippen molar-refractivity contribution in [1.29, 1.82) is 0 Å². The van der Waals surface area contributed by atoms with Crippen molar-refractivity contribution in [3.63, 3.8) is 0 Å². The number of anilines is 2. The molecule has 0 bridgehead atoms. The van der Waals surface area contributed by atoms with Crippen molar-refractivity contribution in [2.75, 3.05) is 11.1 Å². The Morgan fingerprint density at radius 3 is 2.95 bits per heavy atom. The summed E-state index contributed by atoms with van der Waals surface area (Å²) in [5, 5.41) is 8.92. The van der Waals surface area contributed by atoms with Crippen molar-refractivity contribution < 1.29 is 4.79 Å². The summed E-state index contributed by atoms with van der Waals surface area (Å²) in [6.45, 7) is 0.498. The van der Waals surface area contributed by atoms with Gasteiger partial charge in [-0.05, 0) is 41.3 Å². The zero-order valence-electron chi connectivity index (χ0n) is 11.2. The molecule has 2 heterocycles. The number of nitrogens with zero attached hydrogens (tertiary/aromatic N) is 1. The summed E-state index contributed by atoms with van der Waals surface area (Å²) in [6, 6.07) is 2.47. The molecule has 21 heavy (non-hydrogen) atoms. The summed E-state index contributed by atoms with van der Waals surface area (Å²) in [5.41, 5.74) is 5.84. The van der Waals surface area contributed by atoms with Gasteiger partial charge in [-0.15, -0.1) is 11.3 Å². The van der Waals surface area contributed by atoms with E-state index in [0.29, 0.717) is 23.3 Å². The standard InChI is InChI=1S/C13H15BrN4OS2/c14-7-4-9(20-6-7)5-16-12(19)10-11(15)18-13(21-10)17-8-2-1-3-8/h4,6,8H,1-3,5,15H2,(H,16,19)(H,17,18). The van der Waals surface area contributed by atoms with Crippen molar-refractivity contribution in [3.8, 4) is 0 Å². The molecule has 1 amide bonds. The van der Waals surface area contributed by atoms with Gasteiger partial charge in [0.25, 0.3) is 5.91 Å². The van der Waals surface area contributed by atoms with E-state index in [9.17, 15) is 4.79 Å². The summed E-state index contributed by atoms with van der Waals surface area (Å²) in [5.74, 6) is 0.128. The smallest absolute Gasteiger partial charge is 0.265 e. The zero-order valence-corrected chi connectivity index (χ0v) is 14.4. The summed E-state index contributed by atoms with van der Waals surface area (Å²) in [7, 11) is 0. The van der Waals surface area contributed by atoms with Gasteiger partial charge in [-0.3, -0.25) is 4.79 Å². The fraction of sp³-hybridized carbons (Fsp3) is 0.385. The van der Waals surface area contributed by atoms with Gasteiger partial charge in [-0.1, -0.05) is 11.3 Å². The first-order chi connectivity index (χ1) is 10.1. The minimum absolute atomic E-state index is 0.170. The van der Waals surface area contributed by atoms with Crippen LogP contribution in [-0.2, 0) is 6.54 Å². The minimum atomic E-state index is -0.170. The third-order valence-corrected chi connectivity index (χ3v) is 6.04. The van der Waals surface area contributed by atoms with E-state index < -0.39 is 0 Å². The van der Waals surface area contributed by atoms with Gasteiger partial charge in [0, 0.05) is 20.8 Å². The van der Waals surface area contributed by atoms with E-state index in [1.54, 1.807) is 11.3 Å². The highest BCUT2D eigenvalue weighted by Crippen LogP contribution is 2.29. The number of aromatic nitrogens is 1. The second kappa shape index (κ2) is 6.33. The molecule has 5 nitrogen and oxygen atoms in total. The summed E-state index contributed by atoms with van der Waals surface area (Å²) >= 11 is 6.31. The quantitative estimate of drug-likeness (QED) is 0.734. The number of hydrogen-bond acceptors (Lipinski definition) is 6. The molecule has 2 aromatic heterocycles. The van der Waals surface area contributed by atoms with E-state index >= 15 is 0 Å². The maximum absolute atomic E-state index is 12.2. The first-order valence-electron chi connectivity index (χ1n) is 6.66. The Morgan fingerprint density at radius 1 is 1.52 bits per heavy atom. The maximum atomic E-state index is 12.2. The molecular weight excluding hydrogens is 372 g/mol. The fourth-order valence-corrected chi connectivity index (χ4v) is 4.25. The Morgan fingerprint density at radius 2 is 2.33 bits per heavy atom. The van der Waals surface area contributed by atoms with E-state index in [1.165, 1.54) is 17.8 Å². The van der Waals surface area contributed by atoms with E-state index in [2.05, 4.69) is 31.5 Å². The lowest BCUT2D eigenvalue weighted by molar-refractivity contribution is 0.0956. The third-order valence-electron chi connectivity index (χ3n) is 3.34. The number of nitrogens with two attached hydrogens (primary N) is 1. The summed E-state index contributed by atoms with van der Waals surface area (Å²) in [6.07, 6.45) is 3.57. The van der Waals surface area contributed by atoms with E-state index in [4.69, 9.17) is 5.73 Å². The molecule has 1 saturated carbocycles. The average molecular weight is 387 g/mol. The van der Waals surface area contributed by atoms with Crippen LogP contribution in [0.3, 0.4) is 0 Å². The molecule has 0 saturated heterocycles. The molecule has 2 aromatic rings. The molecule has 1 aliphatic carbocycles. The topological polar surface area (TPSA) is 80.0 Å². The highest BCUT2D eigenvalue weighted by atomic mass is 79.9. The van der Waals surface area contributed by atoms with Crippen LogP contribution in [-0.4, -0.2) is 16.9 Å². The SMILES string of the molecule is Nc1nc(NC2CCC2)sc1C(=O)NCc1cc(Br)cs1. The Labute approximate surface area is 139 Å². The number of thiazole rings is 1. The molecule has 0 aromatic carbocycles.